The second-order valence-electron chi connectivity index (χ2n) is 6.62. The Balaban J connectivity index is 2.05. The van der Waals surface area contributed by atoms with Crippen molar-refractivity contribution in [1.29, 1.82) is 0 Å². The summed E-state index contributed by atoms with van der Waals surface area (Å²) in [5.41, 5.74) is 8.63. The minimum atomic E-state index is -0.785. The molecule has 0 radical (unpaired) electrons. The average molecular weight is 428 g/mol. The van der Waals surface area contributed by atoms with Gasteiger partial charge in [-0.1, -0.05) is 29.3 Å². The highest BCUT2D eigenvalue weighted by Crippen LogP contribution is 2.28. The molecule has 9 heteroatoms. The summed E-state index contributed by atoms with van der Waals surface area (Å²) >= 11 is 12.1. The Morgan fingerprint density at radius 3 is 2.45 bits per heavy atom. The van der Waals surface area contributed by atoms with Gasteiger partial charge in [-0.25, -0.2) is 19.3 Å². The molecule has 4 rings (SSSR count). The maximum absolute atomic E-state index is 12.7. The first kappa shape index (κ1) is 19.2. The molecule has 0 saturated carbocycles. The highest BCUT2D eigenvalue weighted by molar-refractivity contribution is 6.42. The Hall–Kier alpha value is -3.16. The summed E-state index contributed by atoms with van der Waals surface area (Å²) < 4.78 is 1.39. The van der Waals surface area contributed by atoms with E-state index in [1.807, 2.05) is 32.0 Å². The van der Waals surface area contributed by atoms with Crippen molar-refractivity contribution in [2.75, 3.05) is 0 Å². The summed E-state index contributed by atoms with van der Waals surface area (Å²) in [6.45, 7) is 3.93. The number of primary amides is 1. The monoisotopic (exact) mass is 427 g/mol. The van der Waals surface area contributed by atoms with E-state index in [-0.39, 0.29) is 22.7 Å². The molecule has 0 atom stereocenters. The van der Waals surface area contributed by atoms with E-state index in [4.69, 9.17) is 28.9 Å². The second kappa shape index (κ2) is 7.02. The van der Waals surface area contributed by atoms with Crippen LogP contribution in [0.5, 0.6) is 0 Å². The van der Waals surface area contributed by atoms with E-state index in [0.29, 0.717) is 21.3 Å². The van der Waals surface area contributed by atoms with Crippen molar-refractivity contribution < 1.29 is 4.79 Å². The van der Waals surface area contributed by atoms with Crippen LogP contribution in [0, 0.1) is 13.8 Å². The molecule has 0 bridgehead atoms. The van der Waals surface area contributed by atoms with E-state index < -0.39 is 11.6 Å². The van der Waals surface area contributed by atoms with Gasteiger partial charge in [0.15, 0.2) is 17.2 Å². The highest BCUT2D eigenvalue weighted by Gasteiger charge is 2.20. The summed E-state index contributed by atoms with van der Waals surface area (Å²) in [7, 11) is 0. The lowest BCUT2D eigenvalue weighted by atomic mass is 10.1. The van der Waals surface area contributed by atoms with Crippen molar-refractivity contribution in [2.45, 2.75) is 13.8 Å². The Labute approximate surface area is 175 Å². The standard InChI is InChI=1S/C20H15Cl2N5O2/c1-9-3-5-12(7-10(9)2)27-19-16(25-20(27)29)15(17(23)28)24-18(26-19)11-4-6-13(21)14(22)8-11/h3-8H,1-2H3,(H2,23,28)(H,25,29). The maximum atomic E-state index is 12.7. The van der Waals surface area contributed by atoms with Crippen LogP contribution in [0.25, 0.3) is 28.2 Å². The Morgan fingerprint density at radius 2 is 1.79 bits per heavy atom. The number of amides is 1. The zero-order valence-corrected chi connectivity index (χ0v) is 17.0. The molecule has 0 spiro atoms. The lowest BCUT2D eigenvalue weighted by Crippen LogP contribution is -2.15. The van der Waals surface area contributed by atoms with Crippen LogP contribution in [0.4, 0.5) is 0 Å². The second-order valence-corrected chi connectivity index (χ2v) is 7.44. The topological polar surface area (TPSA) is 107 Å². The number of rotatable bonds is 3. The molecule has 0 aliphatic carbocycles. The van der Waals surface area contributed by atoms with Gasteiger partial charge in [-0.05, 0) is 55.3 Å². The number of benzene rings is 2. The van der Waals surface area contributed by atoms with Crippen LogP contribution in [0.15, 0.2) is 41.2 Å². The number of aromatic amines is 1. The summed E-state index contributed by atoms with van der Waals surface area (Å²) in [4.78, 5) is 36.1. The summed E-state index contributed by atoms with van der Waals surface area (Å²) in [6.07, 6.45) is 0. The van der Waals surface area contributed by atoms with Gasteiger partial charge in [-0.3, -0.25) is 4.79 Å². The van der Waals surface area contributed by atoms with Crippen LogP contribution in [0.3, 0.4) is 0 Å². The maximum Gasteiger partial charge on any atom is 0.332 e. The van der Waals surface area contributed by atoms with Gasteiger partial charge in [0.05, 0.1) is 15.7 Å². The molecular formula is C20H15Cl2N5O2. The smallest absolute Gasteiger partial charge is 0.332 e. The number of imidazole rings is 1. The Kier molecular flexibility index (Phi) is 4.64. The molecule has 2 aromatic heterocycles. The zero-order valence-electron chi connectivity index (χ0n) is 15.5. The molecule has 3 N–H and O–H groups in total. The number of hydrogen-bond donors (Lipinski definition) is 2. The van der Waals surface area contributed by atoms with Crippen LogP contribution < -0.4 is 11.4 Å². The van der Waals surface area contributed by atoms with Gasteiger partial charge >= 0.3 is 5.69 Å². The molecular weight excluding hydrogens is 413 g/mol. The predicted octanol–water partition coefficient (Wildman–Crippen LogP) is 3.80. The van der Waals surface area contributed by atoms with Crippen molar-refractivity contribution in [1.82, 2.24) is 19.5 Å². The van der Waals surface area contributed by atoms with Crippen molar-refractivity contribution in [3.05, 3.63) is 73.7 Å². The third-order valence-corrected chi connectivity index (χ3v) is 5.44. The molecule has 2 aromatic carbocycles. The van der Waals surface area contributed by atoms with Gasteiger partial charge in [0.1, 0.15) is 5.52 Å². The van der Waals surface area contributed by atoms with E-state index in [1.165, 1.54) is 4.57 Å². The number of hydrogen-bond acceptors (Lipinski definition) is 4. The largest absolute Gasteiger partial charge is 0.364 e. The fourth-order valence-corrected chi connectivity index (χ4v) is 3.33. The van der Waals surface area contributed by atoms with Gasteiger partial charge in [-0.15, -0.1) is 0 Å². The lowest BCUT2D eigenvalue weighted by Gasteiger charge is -2.08. The molecule has 4 aromatic rings. The van der Waals surface area contributed by atoms with E-state index in [9.17, 15) is 9.59 Å². The van der Waals surface area contributed by atoms with Crippen LogP contribution >= 0.6 is 23.2 Å². The fraction of sp³-hybridized carbons (Fsp3) is 0.100. The molecule has 0 aliphatic heterocycles. The molecule has 29 heavy (non-hydrogen) atoms. The molecule has 0 unspecified atom stereocenters. The summed E-state index contributed by atoms with van der Waals surface area (Å²) in [5, 5.41) is 0.689. The minimum Gasteiger partial charge on any atom is -0.364 e. The zero-order chi connectivity index (χ0) is 20.9. The number of carbonyl (C=O) groups is 1. The van der Waals surface area contributed by atoms with Crippen LogP contribution in [0.2, 0.25) is 10.0 Å². The molecule has 146 valence electrons. The van der Waals surface area contributed by atoms with Crippen LogP contribution in [-0.4, -0.2) is 25.4 Å². The van der Waals surface area contributed by atoms with Crippen LogP contribution in [-0.2, 0) is 0 Å². The SMILES string of the molecule is Cc1ccc(-n2c(=O)[nH]c3c(C(N)=O)nc(-c4ccc(Cl)c(Cl)c4)nc32)cc1C. The van der Waals surface area contributed by atoms with E-state index in [1.54, 1.807) is 18.2 Å². The summed E-state index contributed by atoms with van der Waals surface area (Å²) in [6, 6.07) is 10.4. The van der Waals surface area contributed by atoms with Crippen molar-refractivity contribution in [3.63, 3.8) is 0 Å². The quantitative estimate of drug-likeness (QED) is 0.518. The fourth-order valence-electron chi connectivity index (χ4n) is 3.03. The number of fused-ring (bicyclic) bond motifs is 1. The van der Waals surface area contributed by atoms with Gasteiger partial charge in [0.2, 0.25) is 0 Å². The molecule has 0 saturated heterocycles. The Morgan fingerprint density at radius 1 is 1.03 bits per heavy atom. The van der Waals surface area contributed by atoms with Crippen molar-refractivity contribution >= 4 is 40.3 Å². The molecule has 7 nitrogen and oxygen atoms in total. The normalized spacial score (nSPS) is 11.2. The Bertz CT molecular complexity index is 1360. The number of aryl methyl sites for hydroxylation is 2. The third kappa shape index (κ3) is 3.28. The highest BCUT2D eigenvalue weighted by atomic mass is 35.5. The van der Waals surface area contributed by atoms with E-state index >= 15 is 0 Å². The van der Waals surface area contributed by atoms with Gasteiger partial charge in [0.25, 0.3) is 5.91 Å². The van der Waals surface area contributed by atoms with Crippen LogP contribution in [0.1, 0.15) is 21.6 Å². The predicted molar refractivity (Wildman–Crippen MR) is 113 cm³/mol. The number of carbonyl (C=O) groups excluding carboxylic acids is 1. The lowest BCUT2D eigenvalue weighted by molar-refractivity contribution is 0.0997. The molecule has 0 fully saturated rings. The van der Waals surface area contributed by atoms with Crippen molar-refractivity contribution in [3.8, 4) is 17.1 Å². The number of aromatic nitrogens is 4. The van der Waals surface area contributed by atoms with Gasteiger partial charge < -0.3 is 10.7 Å². The summed E-state index contributed by atoms with van der Waals surface area (Å²) in [5.74, 6) is -0.589. The first-order chi connectivity index (χ1) is 13.8. The third-order valence-electron chi connectivity index (χ3n) is 4.70. The minimum absolute atomic E-state index is 0.0873. The van der Waals surface area contributed by atoms with Gasteiger partial charge in [-0.2, -0.15) is 0 Å². The first-order valence-electron chi connectivity index (χ1n) is 8.62. The molecule has 0 aliphatic rings. The molecule has 2 heterocycles. The first-order valence-corrected chi connectivity index (χ1v) is 9.37. The van der Waals surface area contributed by atoms with Gasteiger partial charge in [0, 0.05) is 5.56 Å². The number of H-pyrrole nitrogens is 1. The number of halogens is 2. The average Bonchev–Trinajstić information content (AvgIpc) is 3.01. The number of nitrogens with two attached hydrogens (primary N) is 1. The number of nitrogens with one attached hydrogen (secondary N) is 1. The van der Waals surface area contributed by atoms with Crippen molar-refractivity contribution in [2.24, 2.45) is 5.73 Å². The van der Waals surface area contributed by atoms with E-state index in [0.717, 1.165) is 11.1 Å². The van der Waals surface area contributed by atoms with E-state index in [2.05, 4.69) is 15.0 Å². The molecule has 1 amide bonds. The number of nitrogens with zero attached hydrogens (tertiary/aromatic N) is 3.